The number of hydrogen-bond donors (Lipinski definition) is 1. The molecule has 0 radical (unpaired) electrons. The summed E-state index contributed by atoms with van der Waals surface area (Å²) in [6.45, 7) is 2.88. The average Bonchev–Trinajstić information content (AvgIpc) is 2.52. The second-order valence-electron chi connectivity index (χ2n) is 5.46. The lowest BCUT2D eigenvalue weighted by molar-refractivity contribution is -0.274. The van der Waals surface area contributed by atoms with E-state index in [1.54, 1.807) is 19.1 Å². The lowest BCUT2D eigenvalue weighted by Crippen LogP contribution is -2.31. The van der Waals surface area contributed by atoms with E-state index < -0.39 is 17.9 Å². The molecule has 26 heavy (non-hydrogen) atoms. The van der Waals surface area contributed by atoms with Crippen molar-refractivity contribution in [2.75, 3.05) is 5.43 Å². The Labute approximate surface area is 147 Å². The zero-order valence-corrected chi connectivity index (χ0v) is 14.1. The van der Waals surface area contributed by atoms with Gasteiger partial charge in [-0.05, 0) is 36.2 Å². The highest BCUT2D eigenvalue weighted by Gasteiger charge is 2.31. The third-order valence-electron chi connectivity index (χ3n) is 3.43. The Morgan fingerprint density at radius 3 is 2.65 bits per heavy atom. The van der Waals surface area contributed by atoms with Crippen LogP contribution in [0, 0.1) is 6.92 Å². The number of hydrogen-bond acceptors (Lipinski definition) is 5. The number of alkyl halides is 3. The topological polar surface area (TPSA) is 69.6 Å². The number of rotatable bonds is 6. The molecule has 1 heterocycles. The van der Waals surface area contributed by atoms with Gasteiger partial charge in [-0.2, -0.15) is 0 Å². The van der Waals surface area contributed by atoms with E-state index in [1.165, 1.54) is 36.0 Å². The van der Waals surface area contributed by atoms with Crippen molar-refractivity contribution in [2.24, 2.45) is 0 Å². The van der Waals surface area contributed by atoms with Crippen LogP contribution < -0.4 is 15.7 Å². The standard InChI is InChI=1S/C17H17F3N2O4/c1-11-6-7-22(16(24)15(11)10-25-12(2)23)21-9-13-4-3-5-14(8-13)26-17(18,19)20/h3-8,21H,9-10H2,1-2H3. The van der Waals surface area contributed by atoms with Gasteiger partial charge in [0.2, 0.25) is 0 Å². The SMILES string of the molecule is CC(=O)OCc1c(C)ccn(NCc2cccc(OC(F)(F)F)c2)c1=O. The Balaban J connectivity index is 2.12. The predicted molar refractivity (Wildman–Crippen MR) is 87.1 cm³/mol. The van der Waals surface area contributed by atoms with Crippen molar-refractivity contribution in [3.63, 3.8) is 0 Å². The summed E-state index contributed by atoms with van der Waals surface area (Å²) in [6, 6.07) is 7.08. The zero-order valence-electron chi connectivity index (χ0n) is 14.1. The molecule has 6 nitrogen and oxygen atoms in total. The molecule has 1 aromatic heterocycles. The molecule has 0 unspecified atom stereocenters. The first kappa shape index (κ1) is 19.4. The maximum Gasteiger partial charge on any atom is 0.573 e. The third kappa shape index (κ3) is 5.54. The summed E-state index contributed by atoms with van der Waals surface area (Å²) in [5.74, 6) is -0.850. The summed E-state index contributed by atoms with van der Waals surface area (Å²) >= 11 is 0. The fourth-order valence-electron chi connectivity index (χ4n) is 2.17. The lowest BCUT2D eigenvalue weighted by Gasteiger charge is -2.14. The second kappa shape index (κ2) is 7.94. The predicted octanol–water partition coefficient (Wildman–Crippen LogP) is 2.86. The molecule has 2 rings (SSSR count). The van der Waals surface area contributed by atoms with Crippen molar-refractivity contribution in [3.05, 3.63) is 63.6 Å². The molecule has 0 saturated heterocycles. The van der Waals surface area contributed by atoms with Crippen molar-refractivity contribution >= 4 is 5.97 Å². The number of halogens is 3. The number of carbonyl (C=O) groups excluding carboxylic acids is 1. The van der Waals surface area contributed by atoms with Gasteiger partial charge >= 0.3 is 12.3 Å². The maximum atomic E-state index is 12.4. The van der Waals surface area contributed by atoms with E-state index in [2.05, 4.69) is 10.2 Å². The van der Waals surface area contributed by atoms with Gasteiger partial charge in [-0.25, -0.2) is 4.68 Å². The van der Waals surface area contributed by atoms with E-state index in [9.17, 15) is 22.8 Å². The van der Waals surface area contributed by atoms with Crippen molar-refractivity contribution in [2.45, 2.75) is 33.4 Å². The van der Waals surface area contributed by atoms with Crippen LogP contribution in [0.1, 0.15) is 23.6 Å². The smallest absolute Gasteiger partial charge is 0.461 e. The molecule has 0 fully saturated rings. The number of carbonyl (C=O) groups is 1. The summed E-state index contributed by atoms with van der Waals surface area (Å²) in [4.78, 5) is 23.3. The molecule has 0 spiro atoms. The number of ether oxygens (including phenoxy) is 2. The minimum Gasteiger partial charge on any atom is -0.461 e. The summed E-state index contributed by atoms with van der Waals surface area (Å²) < 4.78 is 46.7. The van der Waals surface area contributed by atoms with Gasteiger partial charge in [0.15, 0.2) is 0 Å². The summed E-state index contributed by atoms with van der Waals surface area (Å²) in [5, 5.41) is 0. The first-order chi connectivity index (χ1) is 12.2. The Morgan fingerprint density at radius 1 is 1.27 bits per heavy atom. The zero-order chi connectivity index (χ0) is 19.3. The second-order valence-corrected chi connectivity index (χ2v) is 5.46. The van der Waals surface area contributed by atoms with Crippen LogP contribution in [0.5, 0.6) is 5.75 Å². The van der Waals surface area contributed by atoms with Crippen LogP contribution in [-0.4, -0.2) is 17.0 Å². The summed E-state index contributed by atoms with van der Waals surface area (Å²) in [6.07, 6.45) is -3.28. The minimum atomic E-state index is -4.77. The molecule has 0 saturated carbocycles. The fraction of sp³-hybridized carbons (Fsp3) is 0.294. The Kier molecular flexibility index (Phi) is 5.91. The third-order valence-corrected chi connectivity index (χ3v) is 3.43. The van der Waals surface area contributed by atoms with Crippen LogP contribution >= 0.6 is 0 Å². The normalized spacial score (nSPS) is 11.1. The highest BCUT2D eigenvalue weighted by Crippen LogP contribution is 2.23. The first-order valence-electron chi connectivity index (χ1n) is 7.59. The summed E-state index contributed by atoms with van der Waals surface area (Å²) in [7, 11) is 0. The molecule has 0 atom stereocenters. The number of pyridine rings is 1. The Bertz CT molecular complexity index is 847. The van der Waals surface area contributed by atoms with Gasteiger partial charge in [-0.3, -0.25) is 9.59 Å². The summed E-state index contributed by atoms with van der Waals surface area (Å²) in [5.41, 5.74) is 3.85. The molecule has 1 N–H and O–H groups in total. The molecule has 0 bridgehead atoms. The van der Waals surface area contributed by atoms with Crippen molar-refractivity contribution in [3.8, 4) is 5.75 Å². The van der Waals surface area contributed by atoms with Crippen LogP contribution in [0.2, 0.25) is 0 Å². The number of benzene rings is 1. The van der Waals surface area contributed by atoms with Crippen LogP contribution in [0.15, 0.2) is 41.3 Å². The molecule has 0 amide bonds. The fourth-order valence-corrected chi connectivity index (χ4v) is 2.17. The van der Waals surface area contributed by atoms with E-state index in [0.717, 1.165) is 0 Å². The van der Waals surface area contributed by atoms with Crippen molar-refractivity contribution in [1.82, 2.24) is 4.68 Å². The molecular formula is C17H17F3N2O4. The van der Waals surface area contributed by atoms with E-state index in [1.807, 2.05) is 0 Å². The van der Waals surface area contributed by atoms with Gasteiger partial charge in [0.05, 0.1) is 12.1 Å². The number of nitrogens with one attached hydrogen (secondary N) is 1. The van der Waals surface area contributed by atoms with Crippen LogP contribution in [0.3, 0.4) is 0 Å². The van der Waals surface area contributed by atoms with Crippen molar-refractivity contribution < 1.29 is 27.4 Å². The quantitative estimate of drug-likeness (QED) is 0.792. The van der Waals surface area contributed by atoms with Crippen LogP contribution in [-0.2, 0) is 22.7 Å². The van der Waals surface area contributed by atoms with Gasteiger partial charge < -0.3 is 14.9 Å². The molecule has 2 aromatic rings. The number of aryl methyl sites for hydroxylation is 1. The average molecular weight is 370 g/mol. The lowest BCUT2D eigenvalue weighted by atomic mass is 10.2. The van der Waals surface area contributed by atoms with E-state index in [-0.39, 0.29) is 18.9 Å². The monoisotopic (exact) mass is 370 g/mol. The van der Waals surface area contributed by atoms with Gasteiger partial charge in [0.1, 0.15) is 12.4 Å². The molecule has 9 heteroatoms. The van der Waals surface area contributed by atoms with Gasteiger partial charge in [-0.1, -0.05) is 12.1 Å². The molecule has 0 aliphatic rings. The van der Waals surface area contributed by atoms with Gasteiger partial charge in [0, 0.05) is 13.1 Å². The molecule has 0 aliphatic carbocycles. The maximum absolute atomic E-state index is 12.4. The number of esters is 1. The van der Waals surface area contributed by atoms with Crippen LogP contribution in [0.4, 0.5) is 13.2 Å². The number of nitrogens with zero attached hydrogens (tertiary/aromatic N) is 1. The van der Waals surface area contributed by atoms with Gasteiger partial charge in [-0.15, -0.1) is 13.2 Å². The van der Waals surface area contributed by atoms with E-state index in [4.69, 9.17) is 4.74 Å². The van der Waals surface area contributed by atoms with Crippen LogP contribution in [0.25, 0.3) is 0 Å². The highest BCUT2D eigenvalue weighted by molar-refractivity contribution is 5.65. The Hall–Kier alpha value is -2.97. The van der Waals surface area contributed by atoms with Crippen molar-refractivity contribution in [1.29, 1.82) is 0 Å². The molecule has 0 aliphatic heterocycles. The van der Waals surface area contributed by atoms with E-state index >= 15 is 0 Å². The van der Waals surface area contributed by atoms with E-state index in [0.29, 0.717) is 16.7 Å². The first-order valence-corrected chi connectivity index (χ1v) is 7.59. The Morgan fingerprint density at radius 2 is 2.00 bits per heavy atom. The molecule has 140 valence electrons. The molecule has 1 aromatic carbocycles. The minimum absolute atomic E-state index is 0.0883. The van der Waals surface area contributed by atoms with Gasteiger partial charge in [0.25, 0.3) is 5.56 Å². The number of aromatic nitrogens is 1. The highest BCUT2D eigenvalue weighted by atomic mass is 19.4. The molecular weight excluding hydrogens is 353 g/mol. The largest absolute Gasteiger partial charge is 0.573 e.